The van der Waals surface area contributed by atoms with Crippen LogP contribution in [0.1, 0.15) is 16.2 Å². The van der Waals surface area contributed by atoms with Crippen molar-refractivity contribution >= 4 is 16.9 Å². The predicted octanol–water partition coefficient (Wildman–Crippen LogP) is 3.34. The number of fused-ring (bicyclic) bond motifs is 1. The first-order valence-electron chi connectivity index (χ1n) is 5.73. The van der Waals surface area contributed by atoms with Crippen LogP contribution in [0.5, 0.6) is 0 Å². The highest BCUT2D eigenvalue weighted by atomic mass is 19.4. The maximum atomic E-state index is 12.6. The van der Waals surface area contributed by atoms with Crippen molar-refractivity contribution in [3.05, 3.63) is 48.2 Å². The highest BCUT2D eigenvalue weighted by molar-refractivity contribution is 5.94. The lowest BCUT2D eigenvalue weighted by molar-refractivity contribution is -0.140. The lowest BCUT2D eigenvalue weighted by Crippen LogP contribution is -2.04. The van der Waals surface area contributed by atoms with Crippen LogP contribution in [0.25, 0.3) is 16.7 Å². The Morgan fingerprint density at radius 1 is 1.33 bits per heavy atom. The minimum atomic E-state index is -4.54. The summed E-state index contributed by atoms with van der Waals surface area (Å²) in [5.74, 6) is -1.53. The maximum absolute atomic E-state index is 12.6. The van der Waals surface area contributed by atoms with Crippen molar-refractivity contribution in [2.24, 2.45) is 0 Å². The zero-order chi connectivity index (χ0) is 15.2. The first-order valence-corrected chi connectivity index (χ1v) is 5.73. The molecule has 0 atom stereocenters. The van der Waals surface area contributed by atoms with Crippen LogP contribution in [0.3, 0.4) is 0 Å². The molecule has 2 aromatic heterocycles. The molecule has 0 saturated heterocycles. The minimum absolute atomic E-state index is 0.271. The molecule has 21 heavy (non-hydrogen) atoms. The highest BCUT2D eigenvalue weighted by Crippen LogP contribution is 2.30. The number of alkyl halides is 3. The first kappa shape index (κ1) is 13.2. The summed E-state index contributed by atoms with van der Waals surface area (Å²) in [7, 11) is 0. The topological polar surface area (TPSA) is 68.3 Å². The van der Waals surface area contributed by atoms with E-state index in [-0.39, 0.29) is 11.3 Å². The fourth-order valence-electron chi connectivity index (χ4n) is 1.98. The molecule has 0 spiro atoms. The predicted molar refractivity (Wildman–Crippen MR) is 65.3 cm³/mol. The van der Waals surface area contributed by atoms with E-state index in [2.05, 4.69) is 4.98 Å². The average Bonchev–Trinajstić information content (AvgIpc) is 3.04. The number of hydrogen-bond acceptors (Lipinski definition) is 3. The van der Waals surface area contributed by atoms with E-state index in [4.69, 9.17) is 9.52 Å². The standard InChI is InChI=1S/C13H7F3N2O3/c14-13(15,16)11-5-18(6-17-11)8-2-1-3-9-7(8)4-10(21-9)12(19)20/h1-6H,(H,19,20). The van der Waals surface area contributed by atoms with Crippen LogP contribution in [-0.4, -0.2) is 20.6 Å². The van der Waals surface area contributed by atoms with Gasteiger partial charge in [0.1, 0.15) is 5.58 Å². The number of benzene rings is 1. The number of aromatic nitrogens is 2. The molecule has 0 aliphatic carbocycles. The normalized spacial score (nSPS) is 12.0. The molecule has 0 amide bonds. The van der Waals surface area contributed by atoms with Crippen molar-refractivity contribution in [2.75, 3.05) is 0 Å². The Hall–Kier alpha value is -2.77. The molecular formula is C13H7F3N2O3. The van der Waals surface area contributed by atoms with E-state index in [0.717, 1.165) is 12.5 Å². The van der Waals surface area contributed by atoms with Gasteiger partial charge in [-0.25, -0.2) is 9.78 Å². The number of carbonyl (C=O) groups is 1. The Bertz CT molecular complexity index is 833. The monoisotopic (exact) mass is 296 g/mol. The smallest absolute Gasteiger partial charge is 0.434 e. The summed E-state index contributed by atoms with van der Waals surface area (Å²) in [4.78, 5) is 14.2. The molecule has 0 unspecified atom stereocenters. The van der Waals surface area contributed by atoms with E-state index >= 15 is 0 Å². The summed E-state index contributed by atoms with van der Waals surface area (Å²) in [6, 6.07) is 5.90. The molecule has 5 nitrogen and oxygen atoms in total. The molecule has 0 fully saturated rings. The van der Waals surface area contributed by atoms with Gasteiger partial charge in [-0.2, -0.15) is 13.2 Å². The van der Waals surface area contributed by atoms with Gasteiger partial charge < -0.3 is 14.1 Å². The number of aromatic carboxylic acids is 1. The summed E-state index contributed by atoms with van der Waals surface area (Å²) in [5, 5.41) is 9.29. The second-order valence-electron chi connectivity index (χ2n) is 4.27. The van der Waals surface area contributed by atoms with Gasteiger partial charge in [0.05, 0.1) is 12.0 Å². The van der Waals surface area contributed by atoms with Crippen LogP contribution >= 0.6 is 0 Å². The van der Waals surface area contributed by atoms with Crippen LogP contribution in [0.2, 0.25) is 0 Å². The maximum Gasteiger partial charge on any atom is 0.434 e. The molecule has 0 radical (unpaired) electrons. The molecule has 1 N–H and O–H groups in total. The van der Waals surface area contributed by atoms with Crippen molar-refractivity contribution in [3.63, 3.8) is 0 Å². The summed E-state index contributed by atoms with van der Waals surface area (Å²) in [6.07, 6.45) is -2.69. The van der Waals surface area contributed by atoms with Gasteiger partial charge in [0.25, 0.3) is 0 Å². The van der Waals surface area contributed by atoms with Gasteiger partial charge in [0, 0.05) is 17.6 Å². The van der Waals surface area contributed by atoms with Gasteiger partial charge in [-0.05, 0) is 12.1 Å². The first-order chi connectivity index (χ1) is 9.86. The van der Waals surface area contributed by atoms with Crippen molar-refractivity contribution in [1.29, 1.82) is 0 Å². The number of imidazole rings is 1. The largest absolute Gasteiger partial charge is 0.475 e. The minimum Gasteiger partial charge on any atom is -0.475 e. The van der Waals surface area contributed by atoms with E-state index in [1.54, 1.807) is 12.1 Å². The lowest BCUT2D eigenvalue weighted by Gasteiger charge is -2.03. The highest BCUT2D eigenvalue weighted by Gasteiger charge is 2.33. The van der Waals surface area contributed by atoms with Gasteiger partial charge in [-0.3, -0.25) is 0 Å². The third-order valence-electron chi connectivity index (χ3n) is 2.90. The molecule has 0 bridgehead atoms. The molecule has 2 heterocycles. The summed E-state index contributed by atoms with van der Waals surface area (Å²) in [6.45, 7) is 0. The van der Waals surface area contributed by atoms with Gasteiger partial charge >= 0.3 is 12.1 Å². The van der Waals surface area contributed by atoms with Gasteiger partial charge in [-0.1, -0.05) is 6.07 Å². The third-order valence-corrected chi connectivity index (χ3v) is 2.90. The third kappa shape index (κ3) is 2.24. The lowest BCUT2D eigenvalue weighted by atomic mass is 10.2. The van der Waals surface area contributed by atoms with Crippen LogP contribution in [-0.2, 0) is 6.18 Å². The zero-order valence-corrected chi connectivity index (χ0v) is 10.3. The van der Waals surface area contributed by atoms with Crippen molar-refractivity contribution < 1.29 is 27.5 Å². The van der Waals surface area contributed by atoms with Crippen molar-refractivity contribution in [2.45, 2.75) is 6.18 Å². The Morgan fingerprint density at radius 2 is 2.10 bits per heavy atom. The van der Waals surface area contributed by atoms with Crippen molar-refractivity contribution in [1.82, 2.24) is 9.55 Å². The number of hydrogen-bond donors (Lipinski definition) is 1. The molecule has 108 valence electrons. The van der Waals surface area contributed by atoms with Crippen molar-refractivity contribution in [3.8, 4) is 5.69 Å². The van der Waals surface area contributed by atoms with E-state index in [1.807, 2.05) is 0 Å². The number of carboxylic acids is 1. The quantitative estimate of drug-likeness (QED) is 0.787. The Labute approximate surface area is 115 Å². The fourth-order valence-corrected chi connectivity index (χ4v) is 1.98. The van der Waals surface area contributed by atoms with Gasteiger partial charge in [-0.15, -0.1) is 0 Å². The molecule has 8 heteroatoms. The molecule has 0 aliphatic rings. The number of furan rings is 1. The summed E-state index contributed by atoms with van der Waals surface area (Å²) < 4.78 is 44.0. The number of carboxylic acid groups (broad SMARTS) is 1. The zero-order valence-electron chi connectivity index (χ0n) is 10.3. The van der Waals surface area contributed by atoms with Crippen LogP contribution in [0.4, 0.5) is 13.2 Å². The van der Waals surface area contributed by atoms with E-state index in [1.165, 1.54) is 16.7 Å². The average molecular weight is 296 g/mol. The number of rotatable bonds is 2. The SMILES string of the molecule is O=C(O)c1cc2c(-n3cnc(C(F)(F)F)c3)cccc2o1. The van der Waals surface area contributed by atoms with Gasteiger partial charge in [0.15, 0.2) is 5.69 Å². The van der Waals surface area contributed by atoms with Crippen LogP contribution in [0.15, 0.2) is 41.2 Å². The Balaban J connectivity index is 2.16. The molecule has 1 aromatic carbocycles. The molecule has 0 aliphatic heterocycles. The summed E-state index contributed by atoms with van der Waals surface area (Å²) in [5.41, 5.74) is -0.402. The summed E-state index contributed by atoms with van der Waals surface area (Å²) >= 11 is 0. The van der Waals surface area contributed by atoms with E-state index < -0.39 is 17.8 Å². The molecular weight excluding hydrogens is 289 g/mol. The Kier molecular flexibility index (Phi) is 2.75. The molecule has 3 aromatic rings. The molecule has 3 rings (SSSR count). The number of nitrogens with zero attached hydrogens (tertiary/aromatic N) is 2. The van der Waals surface area contributed by atoms with Crippen LogP contribution < -0.4 is 0 Å². The van der Waals surface area contributed by atoms with E-state index in [9.17, 15) is 18.0 Å². The fraction of sp³-hybridized carbons (Fsp3) is 0.0769. The van der Waals surface area contributed by atoms with Crippen LogP contribution in [0, 0.1) is 0 Å². The second kappa shape index (κ2) is 4.37. The Morgan fingerprint density at radius 3 is 2.71 bits per heavy atom. The number of halogens is 3. The van der Waals surface area contributed by atoms with Gasteiger partial charge in [0.2, 0.25) is 5.76 Å². The molecule has 0 saturated carbocycles. The second-order valence-corrected chi connectivity index (χ2v) is 4.27. The van der Waals surface area contributed by atoms with E-state index in [0.29, 0.717) is 11.1 Å².